The standard InChI is InChI=1S/C68H73N3O15S/c1-3-62(73)81-42-16-7-5-14-40-79-53-30-34-55(35-31-53)83-64(75)48-22-24-50(25-23-48)66(77)85-57-38-39-60(52(44-57)45-69-71(46-59(72)47-18-10-9-11-19-47)68-70-58-20-12-13-21-61(58)87-68)86-67(78)51-28-26-49(27-29-51)65(76)84-56-36-32-54(33-37-56)80-41-15-6-8-17-43-82-63(74)4-2/h3-4,9-13,18-21,30-39,44-45,48-51H,1-2,5-8,14-17,22-29,40-43,46H2/b69-45+. The van der Waals surface area contributed by atoms with Gasteiger partial charge in [0.15, 0.2) is 5.78 Å². The zero-order valence-electron chi connectivity index (χ0n) is 48.7. The van der Waals surface area contributed by atoms with E-state index in [-0.39, 0.29) is 41.3 Å². The molecule has 2 fully saturated rings. The summed E-state index contributed by atoms with van der Waals surface area (Å²) < 4.78 is 46.2. The van der Waals surface area contributed by atoms with E-state index >= 15 is 0 Å². The van der Waals surface area contributed by atoms with Crippen molar-refractivity contribution in [2.45, 2.75) is 103 Å². The maximum absolute atomic E-state index is 14.0. The number of ether oxygens (including phenoxy) is 8. The maximum Gasteiger partial charge on any atom is 0.330 e. The Morgan fingerprint density at radius 3 is 1.40 bits per heavy atom. The molecule has 0 saturated heterocycles. The summed E-state index contributed by atoms with van der Waals surface area (Å²) in [6.07, 6.45) is 13.8. The van der Waals surface area contributed by atoms with Crippen LogP contribution >= 0.6 is 11.3 Å². The zero-order chi connectivity index (χ0) is 61.2. The van der Waals surface area contributed by atoms with Crippen LogP contribution in [0.1, 0.15) is 119 Å². The molecule has 1 heterocycles. The molecule has 0 atom stereocenters. The first kappa shape index (κ1) is 64.0. The molecule has 5 aromatic carbocycles. The first-order valence-electron chi connectivity index (χ1n) is 29.7. The van der Waals surface area contributed by atoms with Crippen LogP contribution in [-0.4, -0.2) is 85.8 Å². The zero-order valence-corrected chi connectivity index (χ0v) is 49.5. The summed E-state index contributed by atoms with van der Waals surface area (Å²) in [6, 6.07) is 34.8. The molecule has 0 N–H and O–H groups in total. The smallest absolute Gasteiger partial charge is 0.330 e. The fourth-order valence-corrected chi connectivity index (χ4v) is 10.9. The fraction of sp³-hybridized carbons (Fsp3) is 0.368. The minimum Gasteiger partial charge on any atom is -0.494 e. The number of nitrogens with zero attached hydrogens (tertiary/aromatic N) is 3. The van der Waals surface area contributed by atoms with E-state index in [9.17, 15) is 33.6 Å². The van der Waals surface area contributed by atoms with Crippen LogP contribution in [0.3, 0.4) is 0 Å². The number of para-hydroxylation sites is 1. The average Bonchev–Trinajstić information content (AvgIpc) is 3.35. The predicted octanol–water partition coefficient (Wildman–Crippen LogP) is 13.0. The van der Waals surface area contributed by atoms with Crippen molar-refractivity contribution in [2.75, 3.05) is 38.0 Å². The van der Waals surface area contributed by atoms with Gasteiger partial charge in [-0.3, -0.25) is 24.0 Å². The fourth-order valence-electron chi connectivity index (χ4n) is 9.98. The first-order chi connectivity index (χ1) is 42.4. The molecule has 87 heavy (non-hydrogen) atoms. The molecule has 8 rings (SSSR count). The Labute approximate surface area is 510 Å². The molecule has 2 aliphatic rings. The number of aromatic nitrogens is 1. The molecule has 0 spiro atoms. The van der Waals surface area contributed by atoms with E-state index in [1.54, 1.807) is 84.9 Å². The lowest BCUT2D eigenvalue weighted by Crippen LogP contribution is -2.30. The second-order valence-electron chi connectivity index (χ2n) is 21.2. The number of rotatable bonds is 32. The van der Waals surface area contributed by atoms with Crippen LogP contribution in [-0.2, 0) is 38.2 Å². The summed E-state index contributed by atoms with van der Waals surface area (Å²) in [5.74, 6) is -2.29. The lowest BCUT2D eigenvalue weighted by molar-refractivity contribution is -0.145. The van der Waals surface area contributed by atoms with Gasteiger partial charge in [0, 0.05) is 23.3 Å². The molecule has 19 heteroatoms. The normalized spacial score (nSPS) is 16.4. The van der Waals surface area contributed by atoms with Crippen LogP contribution in [0.4, 0.5) is 5.13 Å². The Hall–Kier alpha value is -8.97. The molecule has 456 valence electrons. The summed E-state index contributed by atoms with van der Waals surface area (Å²) in [7, 11) is 0. The van der Waals surface area contributed by atoms with E-state index in [4.69, 9.17) is 48.0 Å². The highest BCUT2D eigenvalue weighted by Crippen LogP contribution is 2.36. The highest BCUT2D eigenvalue weighted by Gasteiger charge is 2.34. The molecule has 2 saturated carbocycles. The van der Waals surface area contributed by atoms with Crippen molar-refractivity contribution in [3.05, 3.63) is 158 Å². The molecule has 0 radical (unpaired) electrons. The number of esters is 6. The second-order valence-corrected chi connectivity index (χ2v) is 22.3. The predicted molar refractivity (Wildman–Crippen MR) is 328 cm³/mol. The van der Waals surface area contributed by atoms with Gasteiger partial charge in [-0.15, -0.1) is 0 Å². The summed E-state index contributed by atoms with van der Waals surface area (Å²) >= 11 is 1.36. The monoisotopic (exact) mass is 1200 g/mol. The van der Waals surface area contributed by atoms with Gasteiger partial charge in [0.1, 0.15) is 41.0 Å². The van der Waals surface area contributed by atoms with Crippen molar-refractivity contribution < 1.29 is 71.5 Å². The summed E-state index contributed by atoms with van der Waals surface area (Å²) in [6.45, 7) is 8.36. The highest BCUT2D eigenvalue weighted by atomic mass is 32.1. The minimum atomic E-state index is -0.528. The van der Waals surface area contributed by atoms with Gasteiger partial charge in [-0.1, -0.05) is 67.0 Å². The van der Waals surface area contributed by atoms with E-state index in [0.29, 0.717) is 111 Å². The maximum atomic E-state index is 14.0. The number of hydrogen-bond acceptors (Lipinski definition) is 19. The third kappa shape index (κ3) is 20.3. The van der Waals surface area contributed by atoms with E-state index in [1.165, 1.54) is 28.6 Å². The number of anilines is 1. The molecule has 2 aliphatic carbocycles. The second kappa shape index (κ2) is 33.7. The van der Waals surface area contributed by atoms with Gasteiger partial charge >= 0.3 is 35.8 Å². The minimum absolute atomic E-state index is 0.134. The lowest BCUT2D eigenvalue weighted by Gasteiger charge is -2.26. The third-order valence-electron chi connectivity index (χ3n) is 14.9. The first-order valence-corrected chi connectivity index (χ1v) is 30.5. The number of thiazole rings is 1. The number of benzene rings is 5. The van der Waals surface area contributed by atoms with Crippen molar-refractivity contribution in [2.24, 2.45) is 28.8 Å². The van der Waals surface area contributed by atoms with Crippen LogP contribution in [0.15, 0.2) is 152 Å². The van der Waals surface area contributed by atoms with E-state index < -0.39 is 47.5 Å². The van der Waals surface area contributed by atoms with E-state index in [0.717, 1.165) is 73.7 Å². The van der Waals surface area contributed by atoms with Crippen LogP contribution in [0.2, 0.25) is 0 Å². The van der Waals surface area contributed by atoms with Crippen molar-refractivity contribution in [3.63, 3.8) is 0 Å². The molecule has 0 aliphatic heterocycles. The summed E-state index contributed by atoms with van der Waals surface area (Å²) in [5.41, 5.74) is 1.49. The molecule has 0 unspecified atom stereocenters. The summed E-state index contributed by atoms with van der Waals surface area (Å²) in [5, 5.41) is 6.71. The number of hydrogen-bond donors (Lipinski definition) is 0. The van der Waals surface area contributed by atoms with Crippen molar-refractivity contribution >= 4 is 74.5 Å². The number of unbranched alkanes of at least 4 members (excludes halogenated alkanes) is 6. The van der Waals surface area contributed by atoms with Gasteiger partial charge in [0.05, 0.1) is 66.5 Å². The highest BCUT2D eigenvalue weighted by molar-refractivity contribution is 7.22. The third-order valence-corrected chi connectivity index (χ3v) is 16.0. The Kier molecular flexibility index (Phi) is 24.8. The molecule has 6 aromatic rings. The van der Waals surface area contributed by atoms with Crippen LogP contribution in [0.5, 0.6) is 34.5 Å². The van der Waals surface area contributed by atoms with E-state index in [1.807, 2.05) is 30.3 Å². The van der Waals surface area contributed by atoms with Crippen molar-refractivity contribution in [1.82, 2.24) is 4.98 Å². The van der Waals surface area contributed by atoms with Crippen LogP contribution in [0.25, 0.3) is 10.2 Å². The van der Waals surface area contributed by atoms with Gasteiger partial charge < -0.3 is 37.9 Å². The average molecular weight is 1200 g/mol. The molecular formula is C68H73N3O15S. The molecule has 0 amide bonds. The number of carbonyl (C=O) groups excluding carboxylic acids is 7. The molecule has 18 nitrogen and oxygen atoms in total. The Bertz CT molecular complexity index is 3280. The Morgan fingerprint density at radius 1 is 0.494 bits per heavy atom. The van der Waals surface area contributed by atoms with Gasteiger partial charge in [0.2, 0.25) is 5.13 Å². The molecule has 1 aromatic heterocycles. The number of Topliss-reactive ketones (excluding diaryl/α,β-unsaturated/α-hetero) is 1. The van der Waals surface area contributed by atoms with Crippen LogP contribution < -0.4 is 33.4 Å². The topological polar surface area (TPSA) is 222 Å². The number of ketones is 1. The Morgan fingerprint density at radius 2 is 0.920 bits per heavy atom. The number of hydrazone groups is 1. The van der Waals surface area contributed by atoms with Crippen molar-refractivity contribution in [1.29, 1.82) is 0 Å². The van der Waals surface area contributed by atoms with E-state index in [2.05, 4.69) is 13.2 Å². The van der Waals surface area contributed by atoms with Gasteiger partial charge in [-0.05, 0) is 182 Å². The van der Waals surface area contributed by atoms with Gasteiger partial charge in [-0.25, -0.2) is 19.6 Å². The SMILES string of the molecule is C=CC(=O)OCCCCCCOc1ccc(OC(=O)C2CCC(C(=O)Oc3ccc(OC(=O)C4CCC(C(=O)Oc5ccc(OCCCCCCOC(=O)C=C)cc5)CC4)c(/C=N/N(CC(=O)c4ccccc4)c4nc5ccccc5s4)c3)CC2)cc1. The number of fused-ring (bicyclic) bond motifs is 1. The quantitative estimate of drug-likeness (QED) is 0.00728. The van der Waals surface area contributed by atoms with Gasteiger partial charge in [-0.2, -0.15) is 5.10 Å². The van der Waals surface area contributed by atoms with Crippen molar-refractivity contribution in [3.8, 4) is 34.5 Å². The Balaban J connectivity index is 0.857. The van der Waals surface area contributed by atoms with Crippen LogP contribution in [0, 0.1) is 23.7 Å². The lowest BCUT2D eigenvalue weighted by atomic mass is 9.82. The summed E-state index contributed by atoms with van der Waals surface area (Å²) in [4.78, 5) is 95.3. The molecular weight excluding hydrogens is 1130 g/mol. The largest absolute Gasteiger partial charge is 0.494 e. The van der Waals surface area contributed by atoms with Gasteiger partial charge in [0.25, 0.3) is 0 Å². The molecule has 0 bridgehead atoms. The number of carbonyl (C=O) groups is 7.